The maximum absolute atomic E-state index is 13.4. The van der Waals surface area contributed by atoms with Crippen molar-refractivity contribution in [2.24, 2.45) is 5.92 Å². The third kappa shape index (κ3) is 7.36. The van der Waals surface area contributed by atoms with Crippen molar-refractivity contribution in [3.63, 3.8) is 0 Å². The number of piperidine rings is 2. The van der Waals surface area contributed by atoms with Crippen LogP contribution in [0, 0.1) is 5.92 Å². The molecular formula is C28H37ClN4O6S3. The lowest BCUT2D eigenvalue weighted by Gasteiger charge is -2.36. The van der Waals surface area contributed by atoms with Crippen LogP contribution in [0.15, 0.2) is 28.5 Å². The number of amides is 2. The maximum Gasteiger partial charge on any atom is 0.309 e. The van der Waals surface area contributed by atoms with Gasteiger partial charge in [0.05, 0.1) is 23.4 Å². The third-order valence-corrected chi connectivity index (χ3v) is 12.7. The molecule has 0 spiro atoms. The zero-order valence-electron chi connectivity index (χ0n) is 23.6. The lowest BCUT2D eigenvalue weighted by Crippen LogP contribution is -2.55. The molecule has 3 aliphatic heterocycles. The van der Waals surface area contributed by atoms with Gasteiger partial charge >= 0.3 is 5.97 Å². The fourth-order valence-corrected chi connectivity index (χ4v) is 9.69. The summed E-state index contributed by atoms with van der Waals surface area (Å²) < 4.78 is 34.8. The summed E-state index contributed by atoms with van der Waals surface area (Å²) in [5, 5.41) is 0. The molecule has 0 aromatic carbocycles. The van der Waals surface area contributed by atoms with E-state index >= 15 is 0 Å². The second kappa shape index (κ2) is 13.7. The van der Waals surface area contributed by atoms with Gasteiger partial charge in [0, 0.05) is 35.4 Å². The van der Waals surface area contributed by atoms with Crippen LogP contribution in [0.25, 0.3) is 9.75 Å². The highest BCUT2D eigenvalue weighted by atomic mass is 35.5. The maximum atomic E-state index is 13.4. The second-order valence-electron chi connectivity index (χ2n) is 11.0. The average Bonchev–Trinajstić information content (AvgIpc) is 3.73. The van der Waals surface area contributed by atoms with Gasteiger partial charge in [-0.1, -0.05) is 11.6 Å². The van der Waals surface area contributed by atoms with Crippen molar-refractivity contribution in [2.45, 2.75) is 61.7 Å². The number of nitrogens with zero attached hydrogens (tertiary/aromatic N) is 3. The summed E-state index contributed by atoms with van der Waals surface area (Å²) >= 11 is 8.53. The highest BCUT2D eigenvalue weighted by Crippen LogP contribution is 2.37. The van der Waals surface area contributed by atoms with Gasteiger partial charge in [0.25, 0.3) is 10.0 Å². The van der Waals surface area contributed by atoms with Crippen LogP contribution in [0.1, 0.15) is 45.4 Å². The Morgan fingerprint density at radius 2 is 1.71 bits per heavy atom. The monoisotopic (exact) mass is 656 g/mol. The van der Waals surface area contributed by atoms with E-state index in [2.05, 4.69) is 9.62 Å². The smallest absolute Gasteiger partial charge is 0.309 e. The van der Waals surface area contributed by atoms with Crippen LogP contribution in [0.3, 0.4) is 0 Å². The second-order valence-corrected chi connectivity index (χ2v) is 15.7. The van der Waals surface area contributed by atoms with Gasteiger partial charge in [0.2, 0.25) is 11.8 Å². The van der Waals surface area contributed by atoms with Crippen LogP contribution in [0.2, 0.25) is 4.34 Å². The van der Waals surface area contributed by atoms with E-state index in [9.17, 15) is 22.8 Å². The van der Waals surface area contributed by atoms with Crippen molar-refractivity contribution < 1.29 is 27.5 Å². The van der Waals surface area contributed by atoms with Gasteiger partial charge in [-0.15, -0.1) is 22.7 Å². The summed E-state index contributed by atoms with van der Waals surface area (Å²) in [6.07, 6.45) is 4.32. The van der Waals surface area contributed by atoms with Gasteiger partial charge in [-0.25, -0.2) is 8.42 Å². The van der Waals surface area contributed by atoms with Crippen LogP contribution < -0.4 is 4.72 Å². The number of hydrogen-bond donors (Lipinski definition) is 1. The Bertz CT molecular complexity index is 1390. The molecule has 3 fully saturated rings. The molecule has 14 heteroatoms. The first kappa shape index (κ1) is 31.4. The Morgan fingerprint density at radius 1 is 1.00 bits per heavy atom. The molecule has 0 bridgehead atoms. The summed E-state index contributed by atoms with van der Waals surface area (Å²) in [4.78, 5) is 46.1. The summed E-state index contributed by atoms with van der Waals surface area (Å²) in [6.45, 7) is 5.56. The van der Waals surface area contributed by atoms with E-state index in [-0.39, 0.29) is 40.5 Å². The Kier molecular flexibility index (Phi) is 10.3. The lowest BCUT2D eigenvalue weighted by molar-refractivity contribution is -0.149. The number of nitrogens with one attached hydrogen (secondary N) is 1. The largest absolute Gasteiger partial charge is 0.466 e. The molecule has 2 aromatic rings. The number of rotatable bonds is 10. The molecule has 3 saturated heterocycles. The first-order valence-electron chi connectivity index (χ1n) is 14.5. The van der Waals surface area contributed by atoms with Crippen LogP contribution >= 0.6 is 34.3 Å². The molecular weight excluding hydrogens is 620 g/mol. The molecule has 2 aromatic heterocycles. The molecule has 0 saturated carbocycles. The topological polar surface area (TPSA) is 116 Å². The molecule has 5 heterocycles. The lowest BCUT2D eigenvalue weighted by atomic mass is 9.96. The van der Waals surface area contributed by atoms with Crippen molar-refractivity contribution in [1.29, 1.82) is 0 Å². The highest BCUT2D eigenvalue weighted by Gasteiger charge is 2.37. The molecule has 10 nitrogen and oxygen atoms in total. The summed E-state index contributed by atoms with van der Waals surface area (Å²) in [7, 11) is -3.92. The van der Waals surface area contributed by atoms with Gasteiger partial charge in [0.1, 0.15) is 10.3 Å². The first-order valence-corrected chi connectivity index (χ1v) is 18.0. The zero-order chi connectivity index (χ0) is 29.9. The Hall–Kier alpha value is -2.03. The van der Waals surface area contributed by atoms with E-state index in [1.54, 1.807) is 12.1 Å². The SMILES string of the molecule is CCOC(=O)C1CCN(C[C@@H]2CCCN2C(=O)CN2CCC[C@H](NS(=O)(=O)c3ccc(-c4ccc(Cl)s4)s3)C2=O)CC1. The van der Waals surface area contributed by atoms with E-state index in [0.717, 1.165) is 66.4 Å². The van der Waals surface area contributed by atoms with Crippen molar-refractivity contribution >= 4 is 62.1 Å². The van der Waals surface area contributed by atoms with Crippen molar-refractivity contribution in [1.82, 2.24) is 19.4 Å². The van der Waals surface area contributed by atoms with Crippen molar-refractivity contribution in [3.8, 4) is 9.75 Å². The summed E-state index contributed by atoms with van der Waals surface area (Å²) in [5.74, 6) is -0.643. The van der Waals surface area contributed by atoms with E-state index in [4.69, 9.17) is 16.3 Å². The third-order valence-electron chi connectivity index (χ3n) is 8.19. The molecule has 3 aliphatic rings. The molecule has 2 atom stereocenters. The fraction of sp³-hybridized carbons (Fsp3) is 0.607. The minimum absolute atomic E-state index is 0.0548. The first-order chi connectivity index (χ1) is 20.1. The quantitative estimate of drug-likeness (QED) is 0.388. The molecule has 1 N–H and O–H groups in total. The Morgan fingerprint density at radius 3 is 2.43 bits per heavy atom. The number of carbonyl (C=O) groups is 3. The number of esters is 1. The Balaban J connectivity index is 1.14. The standard InChI is InChI=1S/C28H37ClN4O6S3/c1-2-39-28(36)19-11-15-31(16-12-19)17-20-5-3-14-33(20)25(34)18-32-13-4-6-21(27(32)35)30-42(37,38)26-10-8-23(41-26)22-7-9-24(29)40-22/h7-10,19-21,30H,2-6,11-18H2,1H3/t20-,21-/m0/s1. The predicted molar refractivity (Wildman–Crippen MR) is 163 cm³/mol. The van der Waals surface area contributed by atoms with Crippen molar-refractivity contribution in [3.05, 3.63) is 28.6 Å². The van der Waals surface area contributed by atoms with Gasteiger partial charge in [0.15, 0.2) is 0 Å². The predicted octanol–water partition coefficient (Wildman–Crippen LogP) is 3.67. The number of halogens is 1. The fourth-order valence-electron chi connectivity index (χ4n) is 6.01. The number of ether oxygens (including phenoxy) is 1. The molecule has 0 radical (unpaired) electrons. The highest BCUT2D eigenvalue weighted by molar-refractivity contribution is 7.91. The molecule has 5 rings (SSSR count). The minimum Gasteiger partial charge on any atom is -0.466 e. The van der Waals surface area contributed by atoms with E-state index in [0.29, 0.717) is 36.9 Å². The average molecular weight is 657 g/mol. The molecule has 42 heavy (non-hydrogen) atoms. The number of sulfonamides is 1. The minimum atomic E-state index is -3.92. The molecule has 2 amide bonds. The number of hydrogen-bond acceptors (Lipinski definition) is 9. The van der Waals surface area contributed by atoms with Crippen LogP contribution in [-0.4, -0.2) is 98.9 Å². The van der Waals surface area contributed by atoms with Gasteiger partial charge < -0.3 is 19.4 Å². The van der Waals surface area contributed by atoms with Crippen molar-refractivity contribution in [2.75, 3.05) is 45.9 Å². The van der Waals surface area contributed by atoms with Gasteiger partial charge in [-0.3, -0.25) is 14.4 Å². The molecule has 0 unspecified atom stereocenters. The zero-order valence-corrected chi connectivity index (χ0v) is 26.8. The summed E-state index contributed by atoms with van der Waals surface area (Å²) in [5.41, 5.74) is 0. The van der Waals surface area contributed by atoms with E-state index < -0.39 is 16.1 Å². The van der Waals surface area contributed by atoms with Crippen LogP contribution in [-0.2, 0) is 29.1 Å². The van der Waals surface area contributed by atoms with E-state index in [1.165, 1.54) is 22.3 Å². The molecule has 230 valence electrons. The normalized spacial score (nSPS) is 22.6. The van der Waals surface area contributed by atoms with Gasteiger partial charge in [-0.2, -0.15) is 4.72 Å². The van der Waals surface area contributed by atoms with Gasteiger partial charge in [-0.05, 0) is 82.8 Å². The number of thiophene rings is 2. The number of likely N-dealkylation sites (tertiary alicyclic amines) is 3. The van der Waals surface area contributed by atoms with Crippen LogP contribution in [0.4, 0.5) is 0 Å². The summed E-state index contributed by atoms with van der Waals surface area (Å²) in [6, 6.07) is 6.05. The number of carbonyl (C=O) groups excluding carboxylic acids is 3. The van der Waals surface area contributed by atoms with E-state index in [1.807, 2.05) is 17.9 Å². The Labute approximate surface area is 260 Å². The molecule has 0 aliphatic carbocycles. The van der Waals surface area contributed by atoms with Crippen LogP contribution in [0.5, 0.6) is 0 Å².